The lowest BCUT2D eigenvalue weighted by Gasteiger charge is -2.18. The molecule has 114 valence electrons. The quantitative estimate of drug-likeness (QED) is 0.641. The molecule has 0 aromatic heterocycles. The van der Waals surface area contributed by atoms with Crippen LogP contribution in [0.2, 0.25) is 0 Å². The van der Waals surface area contributed by atoms with E-state index in [1.54, 1.807) is 18.2 Å². The van der Waals surface area contributed by atoms with Gasteiger partial charge >= 0.3 is 11.9 Å². The van der Waals surface area contributed by atoms with Gasteiger partial charge in [-0.05, 0) is 24.6 Å². The molecule has 1 heterocycles. The third kappa shape index (κ3) is 3.02. The summed E-state index contributed by atoms with van der Waals surface area (Å²) in [5.41, 5.74) is 0.414. The van der Waals surface area contributed by atoms with Gasteiger partial charge in [-0.25, -0.2) is 9.59 Å². The Morgan fingerprint density at radius 2 is 1.95 bits per heavy atom. The molecule has 0 radical (unpaired) electrons. The maximum atomic E-state index is 12.3. The maximum absolute atomic E-state index is 12.3. The molecule has 0 saturated carbocycles. The van der Waals surface area contributed by atoms with Gasteiger partial charge in [0.1, 0.15) is 10.4 Å². The zero-order valence-corrected chi connectivity index (χ0v) is 13.0. The number of carbonyl (C=O) groups excluding carboxylic acids is 1. The Labute approximate surface area is 135 Å². The normalized spacial score (nSPS) is 17.9. The molecule has 1 amide bonds. The van der Waals surface area contributed by atoms with Gasteiger partial charge in [0, 0.05) is 0 Å². The van der Waals surface area contributed by atoms with Crippen LogP contribution in [-0.2, 0) is 9.59 Å². The van der Waals surface area contributed by atoms with Crippen molar-refractivity contribution in [2.45, 2.75) is 13.0 Å². The van der Waals surface area contributed by atoms with E-state index in [0.29, 0.717) is 5.56 Å². The molecule has 1 atom stereocenters. The highest BCUT2D eigenvalue weighted by Gasteiger charge is 2.38. The average Bonchev–Trinajstić information content (AvgIpc) is 2.73. The Kier molecular flexibility index (Phi) is 4.62. The number of carbonyl (C=O) groups is 3. The number of hydrogen-bond donors (Lipinski definition) is 2. The topological polar surface area (TPSA) is 94.9 Å². The number of aromatic carboxylic acids is 1. The highest BCUT2D eigenvalue weighted by molar-refractivity contribution is 8.26. The first-order valence-electron chi connectivity index (χ1n) is 6.15. The van der Waals surface area contributed by atoms with E-state index in [4.69, 9.17) is 22.4 Å². The lowest BCUT2D eigenvalue weighted by molar-refractivity contribution is -0.144. The Balaban J connectivity index is 2.39. The van der Waals surface area contributed by atoms with Gasteiger partial charge in [-0.1, -0.05) is 42.2 Å². The van der Waals surface area contributed by atoms with E-state index >= 15 is 0 Å². The summed E-state index contributed by atoms with van der Waals surface area (Å²) in [7, 11) is 0. The van der Waals surface area contributed by atoms with E-state index in [2.05, 4.69) is 0 Å². The van der Waals surface area contributed by atoms with E-state index in [-0.39, 0.29) is 14.8 Å². The van der Waals surface area contributed by atoms with Crippen molar-refractivity contribution in [2.24, 2.45) is 0 Å². The van der Waals surface area contributed by atoms with Gasteiger partial charge in [-0.15, -0.1) is 0 Å². The molecule has 2 N–H and O–H groups in total. The van der Waals surface area contributed by atoms with E-state index in [0.717, 1.165) is 16.7 Å². The molecule has 8 heteroatoms. The van der Waals surface area contributed by atoms with Crippen molar-refractivity contribution in [1.82, 2.24) is 4.90 Å². The lowest BCUT2D eigenvalue weighted by Crippen LogP contribution is -2.41. The van der Waals surface area contributed by atoms with Crippen molar-refractivity contribution in [3.05, 3.63) is 40.3 Å². The van der Waals surface area contributed by atoms with Gasteiger partial charge in [0.05, 0.1) is 10.5 Å². The summed E-state index contributed by atoms with van der Waals surface area (Å²) >= 11 is 5.99. The molecule has 1 fully saturated rings. The molecule has 0 aliphatic carbocycles. The molecule has 2 rings (SSSR count). The minimum absolute atomic E-state index is 0.0547. The minimum Gasteiger partial charge on any atom is -0.480 e. The van der Waals surface area contributed by atoms with Gasteiger partial charge in [0.15, 0.2) is 0 Å². The van der Waals surface area contributed by atoms with Crippen LogP contribution in [0.5, 0.6) is 0 Å². The summed E-state index contributed by atoms with van der Waals surface area (Å²) in [5.74, 6) is -2.81. The smallest absolute Gasteiger partial charge is 0.336 e. The molecule has 22 heavy (non-hydrogen) atoms. The van der Waals surface area contributed by atoms with E-state index in [1.807, 2.05) is 0 Å². The number of hydrogen-bond acceptors (Lipinski definition) is 5. The highest BCUT2D eigenvalue weighted by atomic mass is 32.2. The second-order valence-electron chi connectivity index (χ2n) is 4.46. The summed E-state index contributed by atoms with van der Waals surface area (Å²) in [4.78, 5) is 35.7. The van der Waals surface area contributed by atoms with Gasteiger partial charge < -0.3 is 10.2 Å². The van der Waals surface area contributed by atoms with E-state index < -0.39 is 23.9 Å². The zero-order chi connectivity index (χ0) is 16.4. The predicted molar refractivity (Wildman–Crippen MR) is 85.5 cm³/mol. The highest BCUT2D eigenvalue weighted by Crippen LogP contribution is 2.34. The minimum atomic E-state index is -1.16. The predicted octanol–water partition coefficient (Wildman–Crippen LogP) is 2.06. The van der Waals surface area contributed by atoms with Crippen molar-refractivity contribution in [3.63, 3.8) is 0 Å². The Morgan fingerprint density at radius 1 is 1.32 bits per heavy atom. The first-order valence-corrected chi connectivity index (χ1v) is 7.37. The molecule has 6 nitrogen and oxygen atoms in total. The molecular weight excluding hydrogens is 326 g/mol. The van der Waals surface area contributed by atoms with Crippen LogP contribution in [-0.4, -0.2) is 43.3 Å². The van der Waals surface area contributed by atoms with Crippen LogP contribution in [0.15, 0.2) is 29.2 Å². The number of thiocarbonyl (C=S) groups is 1. The lowest BCUT2D eigenvalue weighted by atomic mass is 10.1. The van der Waals surface area contributed by atoms with Crippen molar-refractivity contribution >= 4 is 52.2 Å². The van der Waals surface area contributed by atoms with Crippen LogP contribution < -0.4 is 0 Å². The summed E-state index contributed by atoms with van der Waals surface area (Å²) in [6.45, 7) is 1.36. The van der Waals surface area contributed by atoms with Crippen molar-refractivity contribution < 1.29 is 24.6 Å². The third-order valence-electron chi connectivity index (χ3n) is 3.05. The molecule has 0 spiro atoms. The second kappa shape index (κ2) is 6.29. The van der Waals surface area contributed by atoms with Crippen LogP contribution in [0.3, 0.4) is 0 Å². The van der Waals surface area contributed by atoms with Gasteiger partial charge in [-0.3, -0.25) is 9.69 Å². The number of rotatable bonds is 4. The van der Waals surface area contributed by atoms with Crippen LogP contribution in [0.25, 0.3) is 6.08 Å². The fourth-order valence-corrected chi connectivity index (χ4v) is 3.29. The maximum Gasteiger partial charge on any atom is 0.336 e. The molecule has 1 aromatic rings. The number of aliphatic carboxylic acids is 1. The number of thioether (sulfide) groups is 1. The standard InChI is InChI=1S/C14H11NO5S2/c1-7(12(17)18)15-11(16)10(22-14(15)21)6-8-4-2-3-5-9(8)13(19)20/h2-7H,1H3,(H,17,18)(H,19,20)/b10-6-/t7-/m0/s1. The molecule has 0 unspecified atom stereocenters. The SMILES string of the molecule is C[C@@H](C(=O)O)N1C(=O)/C(=C/c2ccccc2C(=O)O)SC1=S. The summed E-state index contributed by atoms with van der Waals surface area (Å²) < 4.78 is 0.138. The summed E-state index contributed by atoms with van der Waals surface area (Å²) in [6, 6.07) is 5.15. The molecule has 1 aliphatic heterocycles. The van der Waals surface area contributed by atoms with Crippen molar-refractivity contribution in [1.29, 1.82) is 0 Å². The van der Waals surface area contributed by atoms with Crippen LogP contribution in [0.1, 0.15) is 22.8 Å². The van der Waals surface area contributed by atoms with Crippen LogP contribution in [0, 0.1) is 0 Å². The molecule has 0 bridgehead atoms. The van der Waals surface area contributed by atoms with E-state index in [9.17, 15) is 14.4 Å². The molecule has 1 aliphatic rings. The monoisotopic (exact) mass is 337 g/mol. The van der Waals surface area contributed by atoms with Crippen molar-refractivity contribution in [2.75, 3.05) is 0 Å². The first kappa shape index (κ1) is 16.2. The van der Waals surface area contributed by atoms with Gasteiger partial charge in [0.25, 0.3) is 5.91 Å². The van der Waals surface area contributed by atoms with Gasteiger partial charge in [-0.2, -0.15) is 0 Å². The molecular formula is C14H11NO5S2. The second-order valence-corrected chi connectivity index (χ2v) is 6.13. The number of nitrogens with zero attached hydrogens (tertiary/aromatic N) is 1. The fourth-order valence-electron chi connectivity index (χ4n) is 1.88. The Hall–Kier alpha value is -2.19. The third-order valence-corrected chi connectivity index (χ3v) is 4.38. The first-order chi connectivity index (χ1) is 10.3. The summed E-state index contributed by atoms with van der Waals surface area (Å²) in [5, 5.41) is 18.1. The van der Waals surface area contributed by atoms with Gasteiger partial charge in [0.2, 0.25) is 0 Å². The van der Waals surface area contributed by atoms with Crippen molar-refractivity contribution in [3.8, 4) is 0 Å². The number of benzene rings is 1. The fraction of sp³-hybridized carbons (Fsp3) is 0.143. The average molecular weight is 337 g/mol. The zero-order valence-electron chi connectivity index (χ0n) is 11.3. The molecule has 1 saturated heterocycles. The largest absolute Gasteiger partial charge is 0.480 e. The van der Waals surface area contributed by atoms with Crippen LogP contribution >= 0.6 is 24.0 Å². The number of carboxylic acids is 2. The Bertz CT molecular complexity index is 713. The summed E-state index contributed by atoms with van der Waals surface area (Å²) in [6.07, 6.45) is 1.41. The number of carboxylic acid groups (broad SMARTS) is 2. The molecule has 1 aromatic carbocycles. The number of amides is 1. The Morgan fingerprint density at radius 3 is 2.55 bits per heavy atom. The van der Waals surface area contributed by atoms with Crippen LogP contribution in [0.4, 0.5) is 0 Å². The van der Waals surface area contributed by atoms with E-state index in [1.165, 1.54) is 19.1 Å².